The molecule has 102 valence electrons. The molecule has 3 rings (SSSR count). The van der Waals surface area contributed by atoms with Crippen molar-refractivity contribution in [3.63, 3.8) is 0 Å². The average molecular weight is 353 g/mol. The molecule has 0 radical (unpaired) electrons. The lowest BCUT2D eigenvalue weighted by Gasteiger charge is -2.08. The van der Waals surface area contributed by atoms with Crippen molar-refractivity contribution in [1.29, 1.82) is 0 Å². The molecule has 2 heterocycles. The van der Waals surface area contributed by atoms with E-state index in [0.717, 1.165) is 21.5 Å². The Kier molecular flexibility index (Phi) is 3.40. The second kappa shape index (κ2) is 5.07. The van der Waals surface area contributed by atoms with Crippen LogP contribution in [0.1, 0.15) is 0 Å². The number of benzene rings is 1. The minimum atomic E-state index is 0.630. The summed E-state index contributed by atoms with van der Waals surface area (Å²) in [7, 11) is 3.57. The fourth-order valence-corrected chi connectivity index (χ4v) is 2.60. The van der Waals surface area contributed by atoms with Crippen molar-refractivity contribution in [1.82, 2.24) is 14.5 Å². The first-order valence-corrected chi connectivity index (χ1v) is 7.10. The van der Waals surface area contributed by atoms with Gasteiger partial charge in [0.2, 0.25) is 0 Å². The maximum atomic E-state index is 6.00. The third kappa shape index (κ3) is 2.17. The molecule has 0 N–H and O–H groups in total. The summed E-state index contributed by atoms with van der Waals surface area (Å²) in [6, 6.07) is 9.37. The van der Waals surface area contributed by atoms with Gasteiger partial charge in [-0.3, -0.25) is 0 Å². The van der Waals surface area contributed by atoms with E-state index in [1.165, 1.54) is 0 Å². The summed E-state index contributed by atoms with van der Waals surface area (Å²) in [4.78, 5) is 8.95. The van der Waals surface area contributed by atoms with Crippen molar-refractivity contribution in [2.24, 2.45) is 7.05 Å². The number of methoxy groups -OCH3 is 1. The number of pyridine rings is 1. The molecule has 0 aliphatic rings. The van der Waals surface area contributed by atoms with Gasteiger partial charge in [0.1, 0.15) is 16.2 Å². The van der Waals surface area contributed by atoms with Crippen molar-refractivity contribution >= 4 is 38.7 Å². The quantitative estimate of drug-likeness (QED) is 0.653. The first-order chi connectivity index (χ1) is 9.60. The summed E-state index contributed by atoms with van der Waals surface area (Å²) in [6.45, 7) is 0. The van der Waals surface area contributed by atoms with Gasteiger partial charge in [0.15, 0.2) is 5.65 Å². The minimum Gasteiger partial charge on any atom is -0.496 e. The molecule has 0 saturated carbocycles. The van der Waals surface area contributed by atoms with Gasteiger partial charge < -0.3 is 9.30 Å². The van der Waals surface area contributed by atoms with E-state index in [9.17, 15) is 0 Å². The number of aromatic nitrogens is 3. The maximum Gasteiger partial charge on any atom is 0.179 e. The van der Waals surface area contributed by atoms with Crippen LogP contribution in [-0.4, -0.2) is 21.6 Å². The Morgan fingerprint density at radius 1 is 1.20 bits per heavy atom. The van der Waals surface area contributed by atoms with Gasteiger partial charge >= 0.3 is 0 Å². The summed E-state index contributed by atoms with van der Waals surface area (Å²) >= 11 is 9.35. The smallest absolute Gasteiger partial charge is 0.179 e. The standard InChI is InChI=1S/C14H11BrClN3O/c1-19-10-5-6-12(15)17-13(10)18-14(19)9-4-3-8(16)7-11(9)20-2/h3-7H,1-2H3. The minimum absolute atomic E-state index is 0.630. The number of ether oxygens (including phenoxy) is 1. The van der Waals surface area contributed by atoms with Crippen LogP contribution in [0.25, 0.3) is 22.6 Å². The van der Waals surface area contributed by atoms with Crippen molar-refractivity contribution in [3.05, 3.63) is 40.0 Å². The van der Waals surface area contributed by atoms with Gasteiger partial charge in [0.05, 0.1) is 18.2 Å². The van der Waals surface area contributed by atoms with E-state index >= 15 is 0 Å². The first-order valence-electron chi connectivity index (χ1n) is 5.93. The second-order valence-corrected chi connectivity index (χ2v) is 5.56. The maximum absolute atomic E-state index is 6.00. The number of rotatable bonds is 2. The van der Waals surface area contributed by atoms with Crippen LogP contribution >= 0.6 is 27.5 Å². The van der Waals surface area contributed by atoms with Crippen LogP contribution in [-0.2, 0) is 7.05 Å². The predicted molar refractivity (Wildman–Crippen MR) is 83.2 cm³/mol. The highest BCUT2D eigenvalue weighted by atomic mass is 79.9. The van der Waals surface area contributed by atoms with E-state index in [1.54, 1.807) is 13.2 Å². The van der Waals surface area contributed by atoms with Crippen LogP contribution < -0.4 is 4.74 Å². The Morgan fingerprint density at radius 3 is 2.75 bits per heavy atom. The largest absolute Gasteiger partial charge is 0.496 e. The highest BCUT2D eigenvalue weighted by molar-refractivity contribution is 9.10. The first kappa shape index (κ1) is 13.4. The Bertz CT molecular complexity index is 800. The Morgan fingerprint density at radius 2 is 2.00 bits per heavy atom. The lowest BCUT2D eigenvalue weighted by molar-refractivity contribution is 0.416. The van der Waals surface area contributed by atoms with Gasteiger partial charge in [-0.2, -0.15) is 0 Å². The van der Waals surface area contributed by atoms with Crippen LogP contribution in [0.15, 0.2) is 34.9 Å². The number of halogens is 2. The average Bonchev–Trinajstić information content (AvgIpc) is 2.75. The molecule has 3 aromatic rings. The molecule has 0 atom stereocenters. The molecule has 0 aliphatic carbocycles. The number of nitrogens with zero attached hydrogens (tertiary/aromatic N) is 3. The molecular formula is C14H11BrClN3O. The number of hydrogen-bond donors (Lipinski definition) is 0. The van der Waals surface area contributed by atoms with Gasteiger partial charge in [-0.25, -0.2) is 9.97 Å². The Balaban J connectivity index is 2.27. The van der Waals surface area contributed by atoms with Crippen molar-refractivity contribution < 1.29 is 4.74 Å². The third-order valence-electron chi connectivity index (χ3n) is 3.12. The van der Waals surface area contributed by atoms with Gasteiger partial charge in [-0.1, -0.05) is 11.6 Å². The van der Waals surface area contributed by atoms with Crippen molar-refractivity contribution in [2.75, 3.05) is 7.11 Å². The van der Waals surface area contributed by atoms with Gasteiger partial charge in [-0.15, -0.1) is 0 Å². The zero-order valence-electron chi connectivity index (χ0n) is 10.9. The molecule has 0 aliphatic heterocycles. The van der Waals surface area contributed by atoms with Crippen molar-refractivity contribution in [2.45, 2.75) is 0 Å². The van der Waals surface area contributed by atoms with Crippen molar-refractivity contribution in [3.8, 4) is 17.1 Å². The molecule has 4 nitrogen and oxygen atoms in total. The molecule has 6 heteroatoms. The summed E-state index contributed by atoms with van der Waals surface area (Å²) in [5, 5.41) is 0.630. The van der Waals surface area contributed by atoms with E-state index in [4.69, 9.17) is 16.3 Å². The van der Waals surface area contributed by atoms with Crippen LogP contribution in [0.5, 0.6) is 5.75 Å². The zero-order valence-corrected chi connectivity index (χ0v) is 13.2. The molecule has 0 spiro atoms. The molecule has 1 aromatic carbocycles. The zero-order chi connectivity index (χ0) is 14.3. The Labute approximate surface area is 129 Å². The number of imidazole rings is 1. The summed E-state index contributed by atoms with van der Waals surface area (Å²) in [6.07, 6.45) is 0. The van der Waals surface area contributed by atoms with E-state index in [1.807, 2.05) is 35.9 Å². The molecule has 0 bridgehead atoms. The number of hydrogen-bond acceptors (Lipinski definition) is 3. The monoisotopic (exact) mass is 351 g/mol. The molecule has 0 unspecified atom stereocenters. The highest BCUT2D eigenvalue weighted by Gasteiger charge is 2.15. The molecular weight excluding hydrogens is 342 g/mol. The molecule has 0 saturated heterocycles. The lowest BCUT2D eigenvalue weighted by atomic mass is 10.2. The van der Waals surface area contributed by atoms with E-state index in [-0.39, 0.29) is 0 Å². The highest BCUT2D eigenvalue weighted by Crippen LogP contribution is 2.33. The van der Waals surface area contributed by atoms with Crippen LogP contribution in [0.4, 0.5) is 0 Å². The molecule has 2 aromatic heterocycles. The molecule has 0 amide bonds. The molecule has 0 fully saturated rings. The fraction of sp³-hybridized carbons (Fsp3) is 0.143. The Hall–Kier alpha value is -1.59. The SMILES string of the molecule is COc1cc(Cl)ccc1-c1nc2nc(Br)ccc2n1C. The lowest BCUT2D eigenvalue weighted by Crippen LogP contribution is -1.95. The predicted octanol–water partition coefficient (Wildman–Crippen LogP) is 4.06. The van der Waals surface area contributed by atoms with E-state index in [0.29, 0.717) is 16.4 Å². The second-order valence-electron chi connectivity index (χ2n) is 4.32. The van der Waals surface area contributed by atoms with Crippen LogP contribution in [0.2, 0.25) is 5.02 Å². The normalized spacial score (nSPS) is 11.0. The third-order valence-corrected chi connectivity index (χ3v) is 3.79. The summed E-state index contributed by atoms with van der Waals surface area (Å²) in [5.41, 5.74) is 2.53. The van der Waals surface area contributed by atoms with E-state index < -0.39 is 0 Å². The fourth-order valence-electron chi connectivity index (χ4n) is 2.14. The van der Waals surface area contributed by atoms with Gasteiger partial charge in [0.25, 0.3) is 0 Å². The topological polar surface area (TPSA) is 39.9 Å². The van der Waals surface area contributed by atoms with Gasteiger partial charge in [-0.05, 0) is 46.3 Å². The summed E-state index contributed by atoms with van der Waals surface area (Å²) in [5.74, 6) is 1.48. The van der Waals surface area contributed by atoms with Crippen LogP contribution in [0, 0.1) is 0 Å². The summed E-state index contributed by atoms with van der Waals surface area (Å²) < 4.78 is 8.14. The number of aryl methyl sites for hydroxylation is 1. The van der Waals surface area contributed by atoms with E-state index in [2.05, 4.69) is 25.9 Å². The van der Waals surface area contributed by atoms with Crippen LogP contribution in [0.3, 0.4) is 0 Å². The van der Waals surface area contributed by atoms with Gasteiger partial charge in [0, 0.05) is 12.1 Å². The molecule has 20 heavy (non-hydrogen) atoms. The number of fused-ring (bicyclic) bond motifs is 1.